The Morgan fingerprint density at radius 2 is 1.89 bits per heavy atom. The number of nitrogens with two attached hydrogens (primary N) is 1. The van der Waals surface area contributed by atoms with Crippen LogP contribution >= 0.6 is 0 Å². The fraction of sp³-hybridized carbons (Fsp3) is 0.357. The minimum atomic E-state index is 0.518. The topological polar surface area (TPSA) is 62.3 Å². The molecule has 5 heteroatoms. The number of nitrogen functional groups attached to an aromatic ring is 1. The summed E-state index contributed by atoms with van der Waals surface area (Å²) in [6.45, 7) is 5.68. The quantitative estimate of drug-likeness (QED) is 0.866. The molecule has 2 aromatic rings. The summed E-state index contributed by atoms with van der Waals surface area (Å²) >= 11 is 0. The largest absolute Gasteiger partial charge is 0.490 e. The van der Waals surface area contributed by atoms with E-state index in [0.717, 1.165) is 17.1 Å². The van der Waals surface area contributed by atoms with E-state index < -0.39 is 0 Å². The number of hydrogen-bond donors (Lipinski definition) is 1. The molecule has 0 amide bonds. The summed E-state index contributed by atoms with van der Waals surface area (Å²) in [4.78, 5) is 0. The van der Waals surface area contributed by atoms with Gasteiger partial charge in [0, 0.05) is 11.8 Å². The molecule has 19 heavy (non-hydrogen) atoms. The first kappa shape index (κ1) is 13.3. The zero-order chi connectivity index (χ0) is 13.7. The van der Waals surface area contributed by atoms with Gasteiger partial charge in [-0.05, 0) is 26.0 Å². The number of aryl methyl sites for hydroxylation is 1. The van der Waals surface area contributed by atoms with Crippen molar-refractivity contribution in [3.05, 3.63) is 36.0 Å². The van der Waals surface area contributed by atoms with Gasteiger partial charge in [0.15, 0.2) is 11.5 Å². The van der Waals surface area contributed by atoms with Gasteiger partial charge < -0.3 is 15.2 Å². The summed E-state index contributed by atoms with van der Waals surface area (Å²) in [5.74, 6) is 2.08. The number of benzene rings is 1. The van der Waals surface area contributed by atoms with E-state index in [1.54, 1.807) is 4.68 Å². The molecule has 0 atom stereocenters. The molecule has 1 aromatic heterocycles. The summed E-state index contributed by atoms with van der Waals surface area (Å²) in [6.07, 6.45) is 1.91. The smallest absolute Gasteiger partial charge is 0.161 e. The molecule has 0 saturated carbocycles. The van der Waals surface area contributed by atoms with E-state index in [1.807, 2.05) is 44.3 Å². The normalized spacial score (nSPS) is 10.4. The molecule has 2 rings (SSSR count). The zero-order valence-electron chi connectivity index (χ0n) is 11.3. The molecular formula is C14H19N3O2. The van der Waals surface area contributed by atoms with E-state index in [9.17, 15) is 0 Å². The molecule has 0 aliphatic carbocycles. The predicted octanol–water partition coefficient (Wildman–Crippen LogP) is 2.25. The van der Waals surface area contributed by atoms with Crippen molar-refractivity contribution < 1.29 is 9.47 Å². The highest BCUT2D eigenvalue weighted by molar-refractivity contribution is 5.39. The van der Waals surface area contributed by atoms with Gasteiger partial charge in [0.05, 0.1) is 13.2 Å². The number of aromatic nitrogens is 2. The van der Waals surface area contributed by atoms with Crippen LogP contribution in [0, 0.1) is 6.92 Å². The molecule has 0 aliphatic rings. The highest BCUT2D eigenvalue weighted by Crippen LogP contribution is 2.26. The standard InChI is InChI=1S/C14H19N3O2/c1-3-18-12-6-4-5-7-13(12)19-9-8-17-10-11(2)14(15)16-17/h4-7,10H,3,8-9H2,1-2H3,(H2,15,16). The number of anilines is 1. The molecule has 0 aliphatic heterocycles. The lowest BCUT2D eigenvalue weighted by atomic mass is 10.3. The van der Waals surface area contributed by atoms with E-state index in [0.29, 0.717) is 25.6 Å². The van der Waals surface area contributed by atoms with Crippen molar-refractivity contribution in [2.24, 2.45) is 0 Å². The maximum absolute atomic E-state index is 5.72. The number of nitrogens with zero attached hydrogens (tertiary/aromatic N) is 2. The number of hydrogen-bond acceptors (Lipinski definition) is 4. The van der Waals surface area contributed by atoms with Gasteiger partial charge in [-0.3, -0.25) is 4.68 Å². The Kier molecular flexibility index (Phi) is 4.28. The van der Waals surface area contributed by atoms with Crippen molar-refractivity contribution in [3.63, 3.8) is 0 Å². The second-order valence-electron chi connectivity index (χ2n) is 4.19. The van der Waals surface area contributed by atoms with Gasteiger partial charge in [-0.25, -0.2) is 0 Å². The lowest BCUT2D eigenvalue weighted by Crippen LogP contribution is -2.09. The molecule has 0 fully saturated rings. The first-order chi connectivity index (χ1) is 9.20. The summed E-state index contributed by atoms with van der Waals surface area (Å²) in [6, 6.07) is 7.64. The third kappa shape index (κ3) is 3.40. The van der Waals surface area contributed by atoms with Crippen LogP contribution in [-0.4, -0.2) is 23.0 Å². The number of para-hydroxylation sites is 2. The third-order valence-electron chi connectivity index (χ3n) is 2.71. The molecule has 1 heterocycles. The van der Waals surface area contributed by atoms with Crippen LogP contribution in [0.5, 0.6) is 11.5 Å². The van der Waals surface area contributed by atoms with Crippen molar-refractivity contribution in [2.75, 3.05) is 18.9 Å². The second kappa shape index (κ2) is 6.13. The van der Waals surface area contributed by atoms with Gasteiger partial charge >= 0.3 is 0 Å². The zero-order valence-corrected chi connectivity index (χ0v) is 11.3. The Hall–Kier alpha value is -2.17. The molecule has 0 radical (unpaired) electrons. The van der Waals surface area contributed by atoms with Crippen LogP contribution in [0.2, 0.25) is 0 Å². The minimum absolute atomic E-state index is 0.518. The molecular weight excluding hydrogens is 242 g/mol. The van der Waals surface area contributed by atoms with Crippen molar-refractivity contribution >= 4 is 5.82 Å². The highest BCUT2D eigenvalue weighted by atomic mass is 16.5. The summed E-state index contributed by atoms with van der Waals surface area (Å²) < 4.78 is 13.0. The maximum atomic E-state index is 5.72. The van der Waals surface area contributed by atoms with E-state index in [-0.39, 0.29) is 0 Å². The Morgan fingerprint density at radius 3 is 2.47 bits per heavy atom. The molecule has 2 N–H and O–H groups in total. The maximum Gasteiger partial charge on any atom is 0.161 e. The Morgan fingerprint density at radius 1 is 1.21 bits per heavy atom. The lowest BCUT2D eigenvalue weighted by Gasteiger charge is -2.11. The average Bonchev–Trinajstić information content (AvgIpc) is 2.71. The molecule has 0 saturated heterocycles. The highest BCUT2D eigenvalue weighted by Gasteiger charge is 2.04. The van der Waals surface area contributed by atoms with Crippen LogP contribution in [0.3, 0.4) is 0 Å². The van der Waals surface area contributed by atoms with E-state index >= 15 is 0 Å². The van der Waals surface area contributed by atoms with Crippen molar-refractivity contribution in [1.82, 2.24) is 9.78 Å². The van der Waals surface area contributed by atoms with Crippen LogP contribution in [-0.2, 0) is 6.54 Å². The summed E-state index contributed by atoms with van der Waals surface area (Å²) in [7, 11) is 0. The van der Waals surface area contributed by atoms with Crippen LogP contribution in [0.4, 0.5) is 5.82 Å². The van der Waals surface area contributed by atoms with Crippen LogP contribution in [0.25, 0.3) is 0 Å². The molecule has 0 unspecified atom stereocenters. The number of ether oxygens (including phenoxy) is 2. The molecule has 5 nitrogen and oxygen atoms in total. The van der Waals surface area contributed by atoms with Crippen molar-refractivity contribution in [1.29, 1.82) is 0 Å². The van der Waals surface area contributed by atoms with E-state index in [2.05, 4.69) is 5.10 Å². The third-order valence-corrected chi connectivity index (χ3v) is 2.71. The predicted molar refractivity (Wildman–Crippen MR) is 74.5 cm³/mol. The molecule has 0 spiro atoms. The first-order valence-electron chi connectivity index (χ1n) is 6.35. The van der Waals surface area contributed by atoms with Crippen LogP contribution in [0.15, 0.2) is 30.5 Å². The SMILES string of the molecule is CCOc1ccccc1OCCn1cc(C)c(N)n1. The summed E-state index contributed by atoms with van der Waals surface area (Å²) in [5.41, 5.74) is 6.68. The Balaban J connectivity index is 1.92. The number of rotatable bonds is 6. The molecule has 1 aromatic carbocycles. The monoisotopic (exact) mass is 261 g/mol. The fourth-order valence-electron chi connectivity index (χ4n) is 1.74. The van der Waals surface area contributed by atoms with Gasteiger partial charge in [0.25, 0.3) is 0 Å². The fourth-order valence-corrected chi connectivity index (χ4v) is 1.74. The van der Waals surface area contributed by atoms with Gasteiger partial charge in [-0.1, -0.05) is 12.1 Å². The van der Waals surface area contributed by atoms with Crippen molar-refractivity contribution in [2.45, 2.75) is 20.4 Å². The summed E-state index contributed by atoms with van der Waals surface area (Å²) in [5, 5.41) is 4.18. The average molecular weight is 261 g/mol. The van der Waals surface area contributed by atoms with Gasteiger partial charge in [-0.2, -0.15) is 5.10 Å². The van der Waals surface area contributed by atoms with Crippen molar-refractivity contribution in [3.8, 4) is 11.5 Å². The Labute approximate surface area is 112 Å². The molecule has 0 bridgehead atoms. The minimum Gasteiger partial charge on any atom is -0.490 e. The van der Waals surface area contributed by atoms with Gasteiger partial charge in [0.1, 0.15) is 12.4 Å². The van der Waals surface area contributed by atoms with Crippen LogP contribution < -0.4 is 15.2 Å². The Bertz CT molecular complexity index is 518. The van der Waals surface area contributed by atoms with Gasteiger partial charge in [-0.15, -0.1) is 0 Å². The molecule has 102 valence electrons. The van der Waals surface area contributed by atoms with E-state index in [1.165, 1.54) is 0 Å². The van der Waals surface area contributed by atoms with E-state index in [4.69, 9.17) is 15.2 Å². The lowest BCUT2D eigenvalue weighted by molar-refractivity contribution is 0.262. The second-order valence-corrected chi connectivity index (χ2v) is 4.19. The van der Waals surface area contributed by atoms with Crippen LogP contribution in [0.1, 0.15) is 12.5 Å². The first-order valence-corrected chi connectivity index (χ1v) is 6.35. The van der Waals surface area contributed by atoms with Gasteiger partial charge in [0.2, 0.25) is 0 Å².